The Labute approximate surface area is 132 Å². The van der Waals surface area contributed by atoms with E-state index >= 15 is 0 Å². The lowest BCUT2D eigenvalue weighted by molar-refractivity contribution is -0.117. The lowest BCUT2D eigenvalue weighted by Crippen LogP contribution is -2.39. The van der Waals surface area contributed by atoms with Crippen molar-refractivity contribution >= 4 is 34.1 Å². The summed E-state index contributed by atoms with van der Waals surface area (Å²) in [4.78, 5) is 29.9. The van der Waals surface area contributed by atoms with Crippen molar-refractivity contribution in [2.45, 2.75) is 19.4 Å². The summed E-state index contributed by atoms with van der Waals surface area (Å²) in [5.41, 5.74) is 1.72. The Morgan fingerprint density at radius 1 is 1.36 bits per heavy atom. The number of hydrogen-bond acceptors (Lipinski definition) is 4. The van der Waals surface area contributed by atoms with Crippen LogP contribution < -0.4 is 15.5 Å². The maximum atomic E-state index is 12.1. The van der Waals surface area contributed by atoms with E-state index in [-0.39, 0.29) is 18.0 Å². The Balaban J connectivity index is 1.58. The summed E-state index contributed by atoms with van der Waals surface area (Å²) >= 11 is 1.37. The highest BCUT2D eigenvalue weighted by atomic mass is 32.1. The molecule has 0 spiro atoms. The highest BCUT2D eigenvalue weighted by Crippen LogP contribution is 2.21. The van der Waals surface area contributed by atoms with Crippen LogP contribution in [-0.4, -0.2) is 29.5 Å². The van der Waals surface area contributed by atoms with E-state index in [4.69, 9.17) is 0 Å². The number of anilines is 2. The highest BCUT2D eigenvalue weighted by Gasteiger charge is 2.31. The summed E-state index contributed by atoms with van der Waals surface area (Å²) in [5, 5.41) is 7.93. The average molecular weight is 316 g/mol. The molecule has 1 aromatic heterocycles. The minimum Gasteiger partial charge on any atom is -0.333 e. The van der Waals surface area contributed by atoms with Gasteiger partial charge in [0.25, 0.3) is 0 Å². The van der Waals surface area contributed by atoms with Crippen LogP contribution in [0.5, 0.6) is 0 Å². The summed E-state index contributed by atoms with van der Waals surface area (Å²) in [7, 11) is 0. The molecule has 1 aliphatic heterocycles. The van der Waals surface area contributed by atoms with Crippen LogP contribution in [0.25, 0.3) is 0 Å². The molecule has 0 unspecified atom stereocenters. The Morgan fingerprint density at radius 3 is 2.82 bits per heavy atom. The van der Waals surface area contributed by atoms with E-state index in [1.165, 1.54) is 11.3 Å². The Kier molecular flexibility index (Phi) is 4.06. The van der Waals surface area contributed by atoms with E-state index < -0.39 is 0 Å². The molecule has 7 heteroatoms. The van der Waals surface area contributed by atoms with E-state index in [9.17, 15) is 9.59 Å². The number of thiazole rings is 1. The normalized spacial score (nSPS) is 17.6. The number of rotatable bonds is 3. The average Bonchev–Trinajstić information content (AvgIpc) is 3.05. The maximum absolute atomic E-state index is 12.1. The Hall–Kier alpha value is -2.41. The smallest absolute Gasteiger partial charge is 0.321 e. The summed E-state index contributed by atoms with van der Waals surface area (Å²) < 4.78 is 0. The van der Waals surface area contributed by atoms with Gasteiger partial charge < -0.3 is 10.2 Å². The molecular weight excluding hydrogens is 300 g/mol. The second-order valence-corrected chi connectivity index (χ2v) is 5.99. The zero-order valence-corrected chi connectivity index (χ0v) is 12.9. The Bertz CT molecular complexity index is 686. The van der Waals surface area contributed by atoms with Gasteiger partial charge in [-0.25, -0.2) is 9.78 Å². The van der Waals surface area contributed by atoms with Crippen LogP contribution in [0.4, 0.5) is 15.6 Å². The number of aromatic nitrogens is 1. The molecule has 114 valence electrons. The molecule has 1 aliphatic rings. The van der Waals surface area contributed by atoms with E-state index in [2.05, 4.69) is 15.6 Å². The van der Waals surface area contributed by atoms with Crippen molar-refractivity contribution in [3.8, 4) is 0 Å². The van der Waals surface area contributed by atoms with Crippen molar-refractivity contribution in [3.63, 3.8) is 0 Å². The number of nitrogens with one attached hydrogen (secondary N) is 2. The number of para-hydroxylation sites is 1. The summed E-state index contributed by atoms with van der Waals surface area (Å²) in [6.07, 6.45) is 0.305. The molecule has 1 fully saturated rings. The second-order valence-electron chi connectivity index (χ2n) is 5.13. The van der Waals surface area contributed by atoms with Crippen LogP contribution in [0.15, 0.2) is 35.7 Å². The third-order valence-corrected chi connectivity index (χ3v) is 4.24. The number of amides is 3. The largest absolute Gasteiger partial charge is 0.333 e. The van der Waals surface area contributed by atoms with Crippen LogP contribution >= 0.6 is 11.3 Å². The number of aryl methyl sites for hydroxylation is 1. The van der Waals surface area contributed by atoms with Gasteiger partial charge >= 0.3 is 6.03 Å². The molecule has 1 atom stereocenters. The maximum Gasteiger partial charge on any atom is 0.321 e. The van der Waals surface area contributed by atoms with Crippen molar-refractivity contribution in [2.75, 3.05) is 16.8 Å². The van der Waals surface area contributed by atoms with Gasteiger partial charge in [-0.2, -0.15) is 0 Å². The standard InChI is InChI=1S/C15H16N4O2S/c1-10-9-22-15(16-10)18-14(21)17-11-7-13(20)19(8-11)12-5-3-2-4-6-12/h2-6,9,11H,7-8H2,1H3,(H2,16,17,18,21)/t11-/m0/s1. The van der Waals surface area contributed by atoms with Gasteiger partial charge in [0.1, 0.15) is 0 Å². The molecule has 1 saturated heterocycles. The number of benzene rings is 1. The molecule has 3 rings (SSSR count). The van der Waals surface area contributed by atoms with E-state index in [0.29, 0.717) is 18.1 Å². The fourth-order valence-electron chi connectivity index (χ4n) is 2.39. The molecule has 0 saturated carbocycles. The fourth-order valence-corrected chi connectivity index (χ4v) is 3.07. The van der Waals surface area contributed by atoms with Gasteiger partial charge in [-0.1, -0.05) is 18.2 Å². The van der Waals surface area contributed by atoms with E-state index in [1.54, 1.807) is 4.90 Å². The van der Waals surface area contributed by atoms with Gasteiger partial charge in [-0.15, -0.1) is 11.3 Å². The topological polar surface area (TPSA) is 74.3 Å². The van der Waals surface area contributed by atoms with Gasteiger partial charge in [0.05, 0.1) is 11.7 Å². The molecule has 1 aromatic carbocycles. The third kappa shape index (κ3) is 3.25. The fraction of sp³-hybridized carbons (Fsp3) is 0.267. The predicted octanol–water partition coefficient (Wildman–Crippen LogP) is 2.38. The monoisotopic (exact) mass is 316 g/mol. The minimum atomic E-state index is -0.331. The van der Waals surface area contributed by atoms with Crippen molar-refractivity contribution in [2.24, 2.45) is 0 Å². The van der Waals surface area contributed by atoms with Gasteiger partial charge in [-0.3, -0.25) is 10.1 Å². The van der Waals surface area contributed by atoms with Gasteiger partial charge in [-0.05, 0) is 19.1 Å². The number of hydrogen-bond donors (Lipinski definition) is 2. The second kappa shape index (κ2) is 6.15. The Morgan fingerprint density at radius 2 is 2.14 bits per heavy atom. The van der Waals surface area contributed by atoms with Crippen LogP contribution in [0.3, 0.4) is 0 Å². The predicted molar refractivity (Wildman–Crippen MR) is 86.2 cm³/mol. The minimum absolute atomic E-state index is 0.0154. The number of carbonyl (C=O) groups is 2. The van der Waals surface area contributed by atoms with Crippen LogP contribution in [0, 0.1) is 6.92 Å². The van der Waals surface area contributed by atoms with Crippen LogP contribution in [-0.2, 0) is 4.79 Å². The zero-order valence-electron chi connectivity index (χ0n) is 12.1. The first-order chi connectivity index (χ1) is 10.6. The molecule has 2 heterocycles. The lowest BCUT2D eigenvalue weighted by Gasteiger charge is -2.17. The molecule has 0 bridgehead atoms. The molecule has 2 N–H and O–H groups in total. The quantitative estimate of drug-likeness (QED) is 0.913. The van der Waals surface area contributed by atoms with Crippen LogP contribution in [0.1, 0.15) is 12.1 Å². The molecule has 6 nitrogen and oxygen atoms in total. The SMILES string of the molecule is Cc1csc(NC(=O)N[C@H]2CC(=O)N(c3ccccc3)C2)n1. The zero-order chi connectivity index (χ0) is 15.5. The summed E-state index contributed by atoms with van der Waals surface area (Å²) in [5.74, 6) is 0.0154. The first-order valence-electron chi connectivity index (χ1n) is 6.97. The third-order valence-electron chi connectivity index (χ3n) is 3.37. The van der Waals surface area contributed by atoms with Crippen molar-refractivity contribution in [1.29, 1.82) is 0 Å². The van der Waals surface area contributed by atoms with Gasteiger partial charge in [0, 0.05) is 24.0 Å². The van der Waals surface area contributed by atoms with Gasteiger partial charge in [0.15, 0.2) is 5.13 Å². The van der Waals surface area contributed by atoms with Crippen LogP contribution in [0.2, 0.25) is 0 Å². The summed E-state index contributed by atoms with van der Waals surface area (Å²) in [6.45, 7) is 2.35. The van der Waals surface area contributed by atoms with Crippen molar-refractivity contribution < 1.29 is 9.59 Å². The molecule has 22 heavy (non-hydrogen) atoms. The molecule has 0 aliphatic carbocycles. The number of urea groups is 1. The van der Waals surface area contributed by atoms with Crippen molar-refractivity contribution in [3.05, 3.63) is 41.4 Å². The molecule has 3 amide bonds. The highest BCUT2D eigenvalue weighted by molar-refractivity contribution is 7.13. The molecule has 0 radical (unpaired) electrons. The number of carbonyl (C=O) groups excluding carboxylic acids is 2. The van der Waals surface area contributed by atoms with E-state index in [1.807, 2.05) is 42.6 Å². The van der Waals surface area contributed by atoms with Crippen molar-refractivity contribution in [1.82, 2.24) is 10.3 Å². The molecule has 2 aromatic rings. The first kappa shape index (κ1) is 14.5. The lowest BCUT2D eigenvalue weighted by atomic mass is 10.2. The summed E-state index contributed by atoms with van der Waals surface area (Å²) in [6, 6.07) is 8.93. The number of nitrogens with zero attached hydrogens (tertiary/aromatic N) is 2. The molecular formula is C15H16N4O2S. The van der Waals surface area contributed by atoms with E-state index in [0.717, 1.165) is 11.4 Å². The first-order valence-corrected chi connectivity index (χ1v) is 7.85. The van der Waals surface area contributed by atoms with Gasteiger partial charge in [0.2, 0.25) is 5.91 Å².